The molecule has 7 nitrogen and oxygen atoms in total. The van der Waals surface area contributed by atoms with Crippen molar-refractivity contribution in [1.82, 2.24) is 0 Å². The molecule has 2 heterocycles. The first-order chi connectivity index (χ1) is 12.9. The van der Waals surface area contributed by atoms with E-state index < -0.39 is 10.0 Å². The van der Waals surface area contributed by atoms with Crippen molar-refractivity contribution in [3.05, 3.63) is 53.6 Å². The van der Waals surface area contributed by atoms with Crippen LogP contribution in [-0.4, -0.2) is 39.9 Å². The van der Waals surface area contributed by atoms with Gasteiger partial charge in [-0.25, -0.2) is 8.42 Å². The van der Waals surface area contributed by atoms with Crippen molar-refractivity contribution in [1.29, 1.82) is 0 Å². The van der Waals surface area contributed by atoms with Crippen LogP contribution in [0.4, 0.5) is 11.4 Å². The Hall–Kier alpha value is -2.84. The monoisotopic (exact) mass is 386 g/mol. The number of rotatable bonds is 6. The van der Waals surface area contributed by atoms with Crippen molar-refractivity contribution in [2.24, 2.45) is 0 Å². The van der Waals surface area contributed by atoms with Crippen LogP contribution < -0.4 is 14.8 Å². The summed E-state index contributed by atoms with van der Waals surface area (Å²) in [7, 11) is -3.45. The average molecular weight is 386 g/mol. The molecule has 0 bridgehead atoms. The first-order valence-electron chi connectivity index (χ1n) is 8.38. The van der Waals surface area contributed by atoms with E-state index in [2.05, 4.69) is 10.0 Å². The standard InChI is InChI=1S/C19H18N2O5S/c1-27(23,24)21-15-6-3-2-5-12(15)9-14-18-16(20-19(14)22)7-4-8-17(18)26-11-13-10-25-13/h2-9,13,21H,10-11H2,1H3,(H,20,22). The molecule has 8 heteroatoms. The number of amides is 1. The van der Waals surface area contributed by atoms with Gasteiger partial charge in [-0.2, -0.15) is 0 Å². The topological polar surface area (TPSA) is 97.0 Å². The van der Waals surface area contributed by atoms with Crippen LogP contribution in [0.1, 0.15) is 11.1 Å². The zero-order chi connectivity index (χ0) is 19.0. The second-order valence-corrected chi connectivity index (χ2v) is 8.17. The largest absolute Gasteiger partial charge is 0.490 e. The molecule has 0 saturated carbocycles. The number of anilines is 2. The number of carbonyl (C=O) groups is 1. The van der Waals surface area contributed by atoms with Crippen LogP contribution in [0.3, 0.4) is 0 Å². The summed E-state index contributed by atoms with van der Waals surface area (Å²) < 4.78 is 36.7. The first-order valence-corrected chi connectivity index (χ1v) is 10.3. The summed E-state index contributed by atoms with van der Waals surface area (Å²) in [5.41, 5.74) is 2.73. The van der Waals surface area contributed by atoms with Crippen LogP contribution in [0.25, 0.3) is 11.6 Å². The van der Waals surface area contributed by atoms with Gasteiger partial charge in [-0.15, -0.1) is 0 Å². The molecule has 2 aliphatic rings. The average Bonchev–Trinajstić information content (AvgIpc) is 3.37. The Morgan fingerprint density at radius 2 is 2.04 bits per heavy atom. The third-order valence-corrected chi connectivity index (χ3v) is 4.76. The molecule has 1 saturated heterocycles. The predicted octanol–water partition coefficient (Wildman–Crippen LogP) is 2.33. The van der Waals surface area contributed by atoms with Gasteiger partial charge in [-0.05, 0) is 29.8 Å². The zero-order valence-electron chi connectivity index (χ0n) is 14.6. The molecule has 2 aliphatic heterocycles. The summed E-state index contributed by atoms with van der Waals surface area (Å²) in [4.78, 5) is 12.5. The molecule has 0 radical (unpaired) electrons. The second kappa shape index (κ2) is 6.71. The highest BCUT2D eigenvalue weighted by Crippen LogP contribution is 2.40. The minimum Gasteiger partial charge on any atom is -0.490 e. The maximum Gasteiger partial charge on any atom is 0.256 e. The Labute approximate surface area is 157 Å². The number of para-hydroxylation sites is 1. The smallest absolute Gasteiger partial charge is 0.256 e. The van der Waals surface area contributed by atoms with Crippen molar-refractivity contribution < 1.29 is 22.7 Å². The summed E-state index contributed by atoms with van der Waals surface area (Å²) in [6.45, 7) is 1.10. The Balaban J connectivity index is 1.74. The molecule has 0 spiro atoms. The highest BCUT2D eigenvalue weighted by Gasteiger charge is 2.29. The number of nitrogens with one attached hydrogen (secondary N) is 2. The maximum absolute atomic E-state index is 12.5. The predicted molar refractivity (Wildman–Crippen MR) is 103 cm³/mol. The van der Waals surface area contributed by atoms with Crippen molar-refractivity contribution >= 4 is 39.0 Å². The third kappa shape index (κ3) is 3.96. The van der Waals surface area contributed by atoms with Gasteiger partial charge in [0, 0.05) is 0 Å². The highest BCUT2D eigenvalue weighted by molar-refractivity contribution is 7.92. The third-order valence-electron chi connectivity index (χ3n) is 4.17. The quantitative estimate of drug-likeness (QED) is 0.587. The lowest BCUT2D eigenvalue weighted by Crippen LogP contribution is -2.10. The lowest BCUT2D eigenvalue weighted by molar-refractivity contribution is -0.110. The zero-order valence-corrected chi connectivity index (χ0v) is 15.4. The Morgan fingerprint density at radius 3 is 2.78 bits per heavy atom. The Bertz CT molecular complexity index is 1040. The maximum atomic E-state index is 12.5. The van der Waals surface area contributed by atoms with E-state index in [0.717, 1.165) is 6.26 Å². The van der Waals surface area contributed by atoms with Crippen LogP contribution in [0.15, 0.2) is 42.5 Å². The lowest BCUT2D eigenvalue weighted by atomic mass is 10.0. The molecular weight excluding hydrogens is 368 g/mol. The minimum atomic E-state index is -3.45. The van der Waals surface area contributed by atoms with Crippen molar-refractivity contribution in [2.45, 2.75) is 6.10 Å². The van der Waals surface area contributed by atoms with Crippen molar-refractivity contribution in [3.63, 3.8) is 0 Å². The first kappa shape index (κ1) is 17.6. The van der Waals surface area contributed by atoms with Gasteiger partial charge in [0.2, 0.25) is 10.0 Å². The summed E-state index contributed by atoms with van der Waals surface area (Å²) in [5, 5.41) is 2.82. The summed E-state index contributed by atoms with van der Waals surface area (Å²) in [6, 6.07) is 12.3. The van der Waals surface area contributed by atoms with Gasteiger partial charge in [0.1, 0.15) is 18.5 Å². The van der Waals surface area contributed by atoms with Crippen molar-refractivity contribution in [2.75, 3.05) is 29.5 Å². The molecule has 4 rings (SSSR count). The second-order valence-electron chi connectivity index (χ2n) is 6.42. The van der Waals surface area contributed by atoms with Crippen LogP contribution >= 0.6 is 0 Å². The van der Waals surface area contributed by atoms with Gasteiger partial charge in [0.15, 0.2) is 0 Å². The number of hydrogen-bond acceptors (Lipinski definition) is 5. The summed E-state index contributed by atoms with van der Waals surface area (Å²) in [5.74, 6) is 0.319. The van der Waals surface area contributed by atoms with Gasteiger partial charge in [-0.3, -0.25) is 9.52 Å². The molecule has 2 aromatic rings. The van der Waals surface area contributed by atoms with E-state index >= 15 is 0 Å². The molecule has 27 heavy (non-hydrogen) atoms. The summed E-state index contributed by atoms with van der Waals surface area (Å²) >= 11 is 0. The van der Waals surface area contributed by atoms with Gasteiger partial charge >= 0.3 is 0 Å². The van der Waals surface area contributed by atoms with E-state index in [4.69, 9.17) is 9.47 Å². The molecule has 2 N–H and O–H groups in total. The van der Waals surface area contributed by atoms with E-state index in [1.165, 1.54) is 0 Å². The van der Waals surface area contributed by atoms with Gasteiger partial charge in [-0.1, -0.05) is 24.3 Å². The van der Waals surface area contributed by atoms with Crippen LogP contribution in [0.5, 0.6) is 5.75 Å². The van der Waals surface area contributed by atoms with Crippen LogP contribution in [0.2, 0.25) is 0 Å². The van der Waals surface area contributed by atoms with E-state index in [9.17, 15) is 13.2 Å². The van der Waals surface area contributed by atoms with Crippen LogP contribution in [0, 0.1) is 0 Å². The molecule has 1 unspecified atom stereocenters. The number of fused-ring (bicyclic) bond motifs is 1. The SMILES string of the molecule is CS(=O)(=O)Nc1ccccc1C=C1C(=O)Nc2cccc(OCC3CO3)c21. The van der Waals surface area contributed by atoms with Gasteiger partial charge < -0.3 is 14.8 Å². The van der Waals surface area contributed by atoms with Gasteiger partial charge in [0.25, 0.3) is 5.91 Å². The number of epoxide rings is 1. The lowest BCUT2D eigenvalue weighted by Gasteiger charge is -2.11. The molecule has 140 valence electrons. The number of benzene rings is 2. The van der Waals surface area contributed by atoms with E-state index in [0.29, 0.717) is 47.0 Å². The van der Waals surface area contributed by atoms with Crippen molar-refractivity contribution in [3.8, 4) is 5.75 Å². The molecular formula is C19H18N2O5S. The Morgan fingerprint density at radius 1 is 1.26 bits per heavy atom. The summed E-state index contributed by atoms with van der Waals surface area (Å²) in [6.07, 6.45) is 2.84. The number of hydrogen-bond donors (Lipinski definition) is 2. The molecule has 0 aliphatic carbocycles. The van der Waals surface area contributed by atoms with E-state index in [-0.39, 0.29) is 12.0 Å². The molecule has 2 aromatic carbocycles. The van der Waals surface area contributed by atoms with E-state index in [1.807, 2.05) is 6.07 Å². The molecule has 1 atom stereocenters. The fourth-order valence-corrected chi connectivity index (χ4v) is 3.48. The highest BCUT2D eigenvalue weighted by atomic mass is 32.2. The minimum absolute atomic E-state index is 0.0954. The normalized spacial score (nSPS) is 19.5. The van der Waals surface area contributed by atoms with Crippen LogP contribution in [-0.2, 0) is 19.6 Å². The molecule has 1 amide bonds. The number of carbonyl (C=O) groups excluding carboxylic acids is 1. The fraction of sp³-hybridized carbons (Fsp3) is 0.211. The Kier molecular flexibility index (Phi) is 4.37. The van der Waals surface area contributed by atoms with E-state index in [1.54, 1.807) is 42.5 Å². The molecule has 1 fully saturated rings. The number of sulfonamides is 1. The van der Waals surface area contributed by atoms with Gasteiger partial charge in [0.05, 0.1) is 35.4 Å². The fourth-order valence-electron chi connectivity index (χ4n) is 2.89. The molecule has 0 aromatic heterocycles. The number of ether oxygens (including phenoxy) is 2.